The van der Waals surface area contributed by atoms with E-state index in [-0.39, 0.29) is 12.1 Å². The fraction of sp³-hybridized carbons (Fsp3) is 0.533. The Hall–Kier alpha value is -1.73. The Balaban J connectivity index is 2.15. The number of nitriles is 1. The highest BCUT2D eigenvalue weighted by Crippen LogP contribution is 2.29. The Kier molecular flexibility index (Phi) is 4.64. The SMILES string of the molecule is COc1cc(C#N)ccc1NC1CCCCCC1O. The number of hydrogen-bond donors (Lipinski definition) is 2. The number of benzene rings is 1. The fourth-order valence-corrected chi connectivity index (χ4v) is 2.54. The highest BCUT2D eigenvalue weighted by molar-refractivity contribution is 5.60. The smallest absolute Gasteiger partial charge is 0.143 e. The molecule has 1 aromatic rings. The van der Waals surface area contributed by atoms with Crippen molar-refractivity contribution in [2.45, 2.75) is 44.2 Å². The van der Waals surface area contributed by atoms with Gasteiger partial charge in [0.2, 0.25) is 0 Å². The molecule has 0 heterocycles. The third-order valence-corrected chi connectivity index (χ3v) is 3.65. The Morgan fingerprint density at radius 1 is 1.32 bits per heavy atom. The fourth-order valence-electron chi connectivity index (χ4n) is 2.54. The van der Waals surface area contributed by atoms with Gasteiger partial charge < -0.3 is 15.2 Å². The van der Waals surface area contributed by atoms with Crippen molar-refractivity contribution < 1.29 is 9.84 Å². The maximum Gasteiger partial charge on any atom is 0.143 e. The zero-order chi connectivity index (χ0) is 13.7. The molecule has 19 heavy (non-hydrogen) atoms. The van der Waals surface area contributed by atoms with Gasteiger partial charge in [0.05, 0.1) is 36.6 Å². The molecule has 0 saturated heterocycles. The van der Waals surface area contributed by atoms with Gasteiger partial charge in [-0.1, -0.05) is 19.3 Å². The van der Waals surface area contributed by atoms with Crippen molar-refractivity contribution in [2.75, 3.05) is 12.4 Å². The predicted octanol–water partition coefficient (Wildman–Crippen LogP) is 2.67. The third kappa shape index (κ3) is 3.39. The molecule has 102 valence electrons. The summed E-state index contributed by atoms with van der Waals surface area (Å²) in [5, 5.41) is 22.4. The van der Waals surface area contributed by atoms with E-state index in [1.807, 2.05) is 6.07 Å². The zero-order valence-corrected chi connectivity index (χ0v) is 11.2. The van der Waals surface area contributed by atoms with Gasteiger partial charge in [0.1, 0.15) is 5.75 Å². The molecule has 1 fully saturated rings. The molecule has 1 aromatic carbocycles. The van der Waals surface area contributed by atoms with E-state index >= 15 is 0 Å². The summed E-state index contributed by atoms with van der Waals surface area (Å²) in [4.78, 5) is 0. The minimum atomic E-state index is -0.317. The molecular formula is C15H20N2O2. The van der Waals surface area contributed by atoms with E-state index in [1.165, 1.54) is 6.42 Å². The number of ether oxygens (including phenoxy) is 1. The quantitative estimate of drug-likeness (QED) is 0.820. The Morgan fingerprint density at radius 3 is 2.84 bits per heavy atom. The van der Waals surface area contributed by atoms with Crippen LogP contribution in [0.2, 0.25) is 0 Å². The Morgan fingerprint density at radius 2 is 2.11 bits per heavy atom. The van der Waals surface area contributed by atoms with Crippen LogP contribution >= 0.6 is 0 Å². The van der Waals surface area contributed by atoms with Crippen LogP contribution in [0, 0.1) is 11.3 Å². The standard InChI is InChI=1S/C15H20N2O2/c1-19-15-9-11(10-16)7-8-13(15)17-12-5-3-2-4-6-14(12)18/h7-9,12,14,17-18H,2-6H2,1H3. The maximum atomic E-state index is 10.1. The molecule has 0 radical (unpaired) electrons. The summed E-state index contributed by atoms with van der Waals surface area (Å²) in [6, 6.07) is 7.47. The first-order valence-corrected chi connectivity index (χ1v) is 6.77. The van der Waals surface area contributed by atoms with Crippen molar-refractivity contribution in [3.8, 4) is 11.8 Å². The number of nitrogens with zero attached hydrogens (tertiary/aromatic N) is 1. The summed E-state index contributed by atoms with van der Waals surface area (Å²) in [5.74, 6) is 0.649. The van der Waals surface area contributed by atoms with Crippen LogP contribution < -0.4 is 10.1 Å². The van der Waals surface area contributed by atoms with E-state index in [4.69, 9.17) is 10.00 Å². The van der Waals surface area contributed by atoms with Crippen molar-refractivity contribution in [2.24, 2.45) is 0 Å². The van der Waals surface area contributed by atoms with Gasteiger partial charge in [-0.15, -0.1) is 0 Å². The number of nitrogens with one attached hydrogen (secondary N) is 1. The van der Waals surface area contributed by atoms with E-state index in [2.05, 4.69) is 11.4 Å². The number of rotatable bonds is 3. The number of methoxy groups -OCH3 is 1. The highest BCUT2D eigenvalue weighted by Gasteiger charge is 2.22. The van der Waals surface area contributed by atoms with Gasteiger partial charge in [0, 0.05) is 6.07 Å². The van der Waals surface area contributed by atoms with Gasteiger partial charge in [-0.05, 0) is 25.0 Å². The van der Waals surface area contributed by atoms with E-state index in [0.717, 1.165) is 31.4 Å². The molecule has 4 nitrogen and oxygen atoms in total. The molecule has 2 atom stereocenters. The molecule has 0 aliphatic heterocycles. The largest absolute Gasteiger partial charge is 0.495 e. The molecule has 0 bridgehead atoms. The van der Waals surface area contributed by atoms with Crippen LogP contribution in [-0.4, -0.2) is 24.4 Å². The summed E-state index contributed by atoms with van der Waals surface area (Å²) in [6.45, 7) is 0. The number of hydrogen-bond acceptors (Lipinski definition) is 4. The lowest BCUT2D eigenvalue weighted by Gasteiger charge is -2.24. The summed E-state index contributed by atoms with van der Waals surface area (Å²) in [5.41, 5.74) is 1.41. The van der Waals surface area contributed by atoms with Crippen molar-refractivity contribution in [1.82, 2.24) is 0 Å². The number of anilines is 1. The van der Waals surface area contributed by atoms with Crippen LogP contribution in [0.3, 0.4) is 0 Å². The molecule has 2 rings (SSSR count). The summed E-state index contributed by atoms with van der Waals surface area (Å²) < 4.78 is 5.30. The molecule has 1 saturated carbocycles. The van der Waals surface area contributed by atoms with Crippen molar-refractivity contribution in [3.05, 3.63) is 23.8 Å². The molecule has 2 N–H and O–H groups in total. The Labute approximate surface area is 114 Å². The molecule has 2 unspecified atom stereocenters. The number of aliphatic hydroxyl groups excluding tert-OH is 1. The van der Waals surface area contributed by atoms with Gasteiger partial charge in [-0.2, -0.15) is 5.26 Å². The van der Waals surface area contributed by atoms with Crippen molar-refractivity contribution in [3.63, 3.8) is 0 Å². The van der Waals surface area contributed by atoms with E-state index < -0.39 is 0 Å². The first-order chi connectivity index (χ1) is 9.24. The molecule has 1 aliphatic carbocycles. The first kappa shape index (κ1) is 13.7. The average molecular weight is 260 g/mol. The predicted molar refractivity (Wildman–Crippen MR) is 74.2 cm³/mol. The van der Waals surface area contributed by atoms with Crippen LogP contribution in [0.15, 0.2) is 18.2 Å². The van der Waals surface area contributed by atoms with Gasteiger partial charge in [0.15, 0.2) is 0 Å². The minimum Gasteiger partial charge on any atom is -0.495 e. The van der Waals surface area contributed by atoms with Crippen LogP contribution in [0.1, 0.15) is 37.7 Å². The maximum absolute atomic E-state index is 10.1. The molecule has 0 spiro atoms. The number of aliphatic hydroxyl groups is 1. The third-order valence-electron chi connectivity index (χ3n) is 3.65. The molecule has 0 aromatic heterocycles. The molecule has 4 heteroatoms. The lowest BCUT2D eigenvalue weighted by Crippen LogP contribution is -2.32. The van der Waals surface area contributed by atoms with Crippen LogP contribution in [0.5, 0.6) is 5.75 Å². The van der Waals surface area contributed by atoms with Crippen LogP contribution in [0.4, 0.5) is 5.69 Å². The van der Waals surface area contributed by atoms with Crippen LogP contribution in [-0.2, 0) is 0 Å². The minimum absolute atomic E-state index is 0.0596. The van der Waals surface area contributed by atoms with Gasteiger partial charge >= 0.3 is 0 Å². The van der Waals surface area contributed by atoms with Gasteiger partial charge in [0.25, 0.3) is 0 Å². The van der Waals surface area contributed by atoms with Crippen LogP contribution in [0.25, 0.3) is 0 Å². The second kappa shape index (κ2) is 6.44. The second-order valence-corrected chi connectivity index (χ2v) is 4.98. The van der Waals surface area contributed by atoms with E-state index in [9.17, 15) is 5.11 Å². The molecule has 1 aliphatic rings. The average Bonchev–Trinajstić information content (AvgIpc) is 2.64. The lowest BCUT2D eigenvalue weighted by atomic mass is 10.1. The van der Waals surface area contributed by atoms with E-state index in [1.54, 1.807) is 19.2 Å². The monoisotopic (exact) mass is 260 g/mol. The second-order valence-electron chi connectivity index (χ2n) is 4.98. The van der Waals surface area contributed by atoms with Gasteiger partial charge in [-0.3, -0.25) is 0 Å². The van der Waals surface area contributed by atoms with Gasteiger partial charge in [-0.25, -0.2) is 0 Å². The topological polar surface area (TPSA) is 65.3 Å². The molecular weight excluding hydrogens is 240 g/mol. The first-order valence-electron chi connectivity index (χ1n) is 6.77. The normalized spacial score (nSPS) is 23.2. The summed E-state index contributed by atoms with van der Waals surface area (Å²) >= 11 is 0. The molecule has 0 amide bonds. The van der Waals surface area contributed by atoms with E-state index in [0.29, 0.717) is 11.3 Å². The van der Waals surface area contributed by atoms with Crippen molar-refractivity contribution >= 4 is 5.69 Å². The zero-order valence-electron chi connectivity index (χ0n) is 11.2. The highest BCUT2D eigenvalue weighted by atomic mass is 16.5. The summed E-state index contributed by atoms with van der Waals surface area (Å²) in [7, 11) is 1.59. The Bertz CT molecular complexity index is 468. The summed E-state index contributed by atoms with van der Waals surface area (Å²) in [6.07, 6.45) is 4.89. The lowest BCUT2D eigenvalue weighted by molar-refractivity contribution is 0.144. The van der Waals surface area contributed by atoms with Crippen molar-refractivity contribution in [1.29, 1.82) is 5.26 Å².